The second-order valence-electron chi connectivity index (χ2n) is 4.31. The number of rotatable bonds is 9. The van der Waals surface area contributed by atoms with E-state index in [1.165, 1.54) is 32.2 Å². The predicted molar refractivity (Wildman–Crippen MR) is 65.6 cm³/mol. The highest BCUT2D eigenvalue weighted by Crippen LogP contribution is 2.04. The third-order valence-corrected chi connectivity index (χ3v) is 2.28. The second-order valence-corrected chi connectivity index (χ2v) is 4.31. The van der Waals surface area contributed by atoms with Gasteiger partial charge in [-0.1, -0.05) is 45.8 Å². The van der Waals surface area contributed by atoms with Crippen LogP contribution >= 0.6 is 0 Å². The van der Waals surface area contributed by atoms with Gasteiger partial charge in [0.05, 0.1) is 0 Å². The Kier molecular flexibility index (Phi) is 10.5. The maximum Gasteiger partial charge on any atom is -0.00143 e. The molecule has 0 bridgehead atoms. The Morgan fingerprint density at radius 2 is 1.86 bits per heavy atom. The Balaban J connectivity index is 2.95. The molecule has 0 aliphatic rings. The zero-order valence-corrected chi connectivity index (χ0v) is 10.2. The van der Waals surface area contributed by atoms with Crippen molar-refractivity contribution in [2.75, 3.05) is 13.1 Å². The average molecular weight is 197 g/mol. The predicted octanol–water partition coefficient (Wildman–Crippen LogP) is 3.76. The van der Waals surface area contributed by atoms with Gasteiger partial charge in [-0.25, -0.2) is 0 Å². The molecule has 0 saturated heterocycles. The van der Waals surface area contributed by atoms with E-state index in [1.807, 2.05) is 0 Å². The summed E-state index contributed by atoms with van der Waals surface area (Å²) in [5.41, 5.74) is 0. The van der Waals surface area contributed by atoms with Gasteiger partial charge in [-0.05, 0) is 38.3 Å². The van der Waals surface area contributed by atoms with Crippen LogP contribution in [0.1, 0.15) is 52.9 Å². The topological polar surface area (TPSA) is 12.0 Å². The first-order chi connectivity index (χ1) is 6.77. The van der Waals surface area contributed by atoms with Crippen LogP contribution in [0.3, 0.4) is 0 Å². The minimum atomic E-state index is 0.863. The van der Waals surface area contributed by atoms with E-state index in [-0.39, 0.29) is 0 Å². The van der Waals surface area contributed by atoms with Crippen LogP contribution in [0, 0.1) is 5.92 Å². The third kappa shape index (κ3) is 11.7. The quantitative estimate of drug-likeness (QED) is 0.438. The van der Waals surface area contributed by atoms with E-state index in [0.29, 0.717) is 0 Å². The molecule has 0 atom stereocenters. The van der Waals surface area contributed by atoms with Gasteiger partial charge in [0.2, 0.25) is 0 Å². The fourth-order valence-electron chi connectivity index (χ4n) is 1.40. The van der Waals surface area contributed by atoms with Crippen molar-refractivity contribution in [1.82, 2.24) is 5.32 Å². The smallest absolute Gasteiger partial charge is 0.00143 e. The van der Waals surface area contributed by atoms with Gasteiger partial charge in [-0.2, -0.15) is 0 Å². The molecule has 0 aliphatic heterocycles. The molecule has 1 heteroatoms. The molecular formula is C13H27N. The van der Waals surface area contributed by atoms with Crippen LogP contribution in [0.2, 0.25) is 0 Å². The summed E-state index contributed by atoms with van der Waals surface area (Å²) in [7, 11) is 0. The molecule has 0 spiro atoms. The Morgan fingerprint density at radius 1 is 1.07 bits per heavy atom. The van der Waals surface area contributed by atoms with Crippen molar-refractivity contribution in [3.63, 3.8) is 0 Å². The molecule has 14 heavy (non-hydrogen) atoms. The highest BCUT2D eigenvalue weighted by Gasteiger charge is 1.93. The molecule has 0 amide bonds. The van der Waals surface area contributed by atoms with E-state index in [1.54, 1.807) is 0 Å². The number of unbranched alkanes of at least 4 members (excludes halogenated alkanes) is 1. The summed E-state index contributed by atoms with van der Waals surface area (Å²) < 4.78 is 0. The van der Waals surface area contributed by atoms with Gasteiger partial charge in [0, 0.05) is 0 Å². The van der Waals surface area contributed by atoms with Crippen LogP contribution in [0.25, 0.3) is 0 Å². The van der Waals surface area contributed by atoms with Gasteiger partial charge in [-0.15, -0.1) is 0 Å². The normalized spacial score (nSPS) is 11.7. The first kappa shape index (κ1) is 13.7. The van der Waals surface area contributed by atoms with Crippen LogP contribution < -0.4 is 5.32 Å². The molecule has 0 aliphatic carbocycles. The van der Waals surface area contributed by atoms with Crippen LogP contribution in [0.15, 0.2) is 12.2 Å². The first-order valence-corrected chi connectivity index (χ1v) is 6.13. The minimum absolute atomic E-state index is 0.863. The largest absolute Gasteiger partial charge is 0.316 e. The van der Waals surface area contributed by atoms with Crippen molar-refractivity contribution >= 4 is 0 Å². The van der Waals surface area contributed by atoms with Crippen molar-refractivity contribution in [3.05, 3.63) is 12.2 Å². The van der Waals surface area contributed by atoms with E-state index >= 15 is 0 Å². The summed E-state index contributed by atoms with van der Waals surface area (Å²) in [5.74, 6) is 0.863. The van der Waals surface area contributed by atoms with Gasteiger partial charge in [0.25, 0.3) is 0 Å². The third-order valence-electron chi connectivity index (χ3n) is 2.28. The summed E-state index contributed by atoms with van der Waals surface area (Å²) in [5, 5.41) is 3.47. The first-order valence-electron chi connectivity index (χ1n) is 6.13. The van der Waals surface area contributed by atoms with Crippen LogP contribution in [0.4, 0.5) is 0 Å². The Morgan fingerprint density at radius 3 is 2.50 bits per heavy atom. The lowest BCUT2D eigenvalue weighted by Gasteiger charge is -2.05. The number of nitrogens with one attached hydrogen (secondary N) is 1. The Labute approximate surface area is 90.0 Å². The van der Waals surface area contributed by atoms with Gasteiger partial charge in [0.1, 0.15) is 0 Å². The van der Waals surface area contributed by atoms with Crippen molar-refractivity contribution < 1.29 is 0 Å². The number of hydrogen-bond acceptors (Lipinski definition) is 1. The molecule has 0 heterocycles. The van der Waals surface area contributed by atoms with Crippen molar-refractivity contribution in [2.45, 2.75) is 52.9 Å². The number of allylic oxidation sites excluding steroid dienone is 1. The number of hydrogen-bond donors (Lipinski definition) is 1. The fraction of sp³-hybridized carbons (Fsp3) is 0.846. The highest BCUT2D eigenvalue weighted by atomic mass is 14.8. The van der Waals surface area contributed by atoms with Crippen molar-refractivity contribution in [2.24, 2.45) is 5.92 Å². The molecule has 1 nitrogen and oxygen atoms in total. The lowest BCUT2D eigenvalue weighted by molar-refractivity contribution is 0.522. The molecular weight excluding hydrogens is 170 g/mol. The summed E-state index contributed by atoms with van der Waals surface area (Å²) in [4.78, 5) is 0. The Bertz CT molecular complexity index is 127. The summed E-state index contributed by atoms with van der Waals surface area (Å²) in [6.45, 7) is 9.09. The van der Waals surface area contributed by atoms with Gasteiger partial charge >= 0.3 is 0 Å². The molecule has 0 fully saturated rings. The zero-order chi connectivity index (χ0) is 10.6. The lowest BCUT2D eigenvalue weighted by Crippen LogP contribution is -2.16. The van der Waals surface area contributed by atoms with Gasteiger partial charge < -0.3 is 5.32 Å². The summed E-state index contributed by atoms with van der Waals surface area (Å²) >= 11 is 0. The molecule has 84 valence electrons. The molecule has 0 aromatic carbocycles. The van der Waals surface area contributed by atoms with Crippen molar-refractivity contribution in [3.8, 4) is 0 Å². The molecule has 0 radical (unpaired) electrons. The molecule has 0 aromatic heterocycles. The monoisotopic (exact) mass is 197 g/mol. The standard InChI is InChI=1S/C13H27N/c1-4-5-6-8-11-14-12-9-7-10-13(2)3/h5-6,13-14H,4,7-12H2,1-3H3/b6-5+. The van der Waals surface area contributed by atoms with Crippen molar-refractivity contribution in [1.29, 1.82) is 0 Å². The summed E-state index contributed by atoms with van der Waals surface area (Å²) in [6, 6.07) is 0. The second kappa shape index (κ2) is 10.8. The molecule has 0 aromatic rings. The molecule has 0 unspecified atom stereocenters. The molecule has 1 N–H and O–H groups in total. The van der Waals surface area contributed by atoms with Crippen LogP contribution in [-0.2, 0) is 0 Å². The van der Waals surface area contributed by atoms with Crippen LogP contribution in [-0.4, -0.2) is 13.1 Å². The average Bonchev–Trinajstić information content (AvgIpc) is 2.15. The minimum Gasteiger partial charge on any atom is -0.316 e. The van der Waals surface area contributed by atoms with E-state index in [0.717, 1.165) is 18.9 Å². The van der Waals surface area contributed by atoms with E-state index < -0.39 is 0 Å². The van der Waals surface area contributed by atoms with E-state index in [2.05, 4.69) is 38.2 Å². The van der Waals surface area contributed by atoms with Gasteiger partial charge in [0.15, 0.2) is 0 Å². The fourth-order valence-corrected chi connectivity index (χ4v) is 1.40. The maximum absolute atomic E-state index is 3.47. The highest BCUT2D eigenvalue weighted by molar-refractivity contribution is 4.80. The Hall–Kier alpha value is -0.300. The van der Waals surface area contributed by atoms with E-state index in [9.17, 15) is 0 Å². The SMILES string of the molecule is CC/C=C/CCNCCCCC(C)C. The lowest BCUT2D eigenvalue weighted by atomic mass is 10.1. The summed E-state index contributed by atoms with van der Waals surface area (Å²) in [6.07, 6.45) is 10.9. The van der Waals surface area contributed by atoms with Crippen LogP contribution in [0.5, 0.6) is 0 Å². The van der Waals surface area contributed by atoms with Gasteiger partial charge in [-0.3, -0.25) is 0 Å². The molecule has 0 saturated carbocycles. The zero-order valence-electron chi connectivity index (χ0n) is 10.2. The maximum atomic E-state index is 3.47. The molecule has 0 rings (SSSR count). The van der Waals surface area contributed by atoms with E-state index in [4.69, 9.17) is 0 Å².